The first-order valence-corrected chi connectivity index (χ1v) is 10.3. The number of carbonyl (C=O) groups excluding carboxylic acids is 1. The quantitative estimate of drug-likeness (QED) is 0.333. The first-order chi connectivity index (χ1) is 15.0. The van der Waals surface area contributed by atoms with Crippen LogP contribution in [-0.2, 0) is 20.6 Å². The third-order valence-corrected chi connectivity index (χ3v) is 6.07. The van der Waals surface area contributed by atoms with Gasteiger partial charge in [-0.15, -0.1) is 0 Å². The highest BCUT2D eigenvalue weighted by atomic mass is 35.5. The zero-order chi connectivity index (χ0) is 23.5. The SMILES string of the molecule is Cc1cc(C(=O)Cn2c(Cl)nc3c2c(=O)n(C)c(=O)n3C)c(C)n1-c1ccc(F)c(Cl)c1. The van der Waals surface area contributed by atoms with E-state index < -0.39 is 17.1 Å². The second kappa shape index (κ2) is 7.75. The standard InChI is InChI=1S/C21H18Cl2FN5O3/c1-10-7-13(11(2)29(10)12-5-6-15(24)14(22)8-12)16(30)9-28-17-18(25-20(28)23)26(3)21(32)27(4)19(17)31/h5-8H,9H2,1-4H3. The monoisotopic (exact) mass is 477 g/mol. The minimum absolute atomic E-state index is 0.0269. The predicted molar refractivity (Wildman–Crippen MR) is 120 cm³/mol. The summed E-state index contributed by atoms with van der Waals surface area (Å²) in [5.74, 6) is -0.846. The molecule has 0 aliphatic heterocycles. The molecule has 0 aliphatic rings. The highest BCUT2D eigenvalue weighted by Crippen LogP contribution is 2.26. The van der Waals surface area contributed by atoms with Crippen molar-refractivity contribution in [2.75, 3.05) is 0 Å². The molecule has 3 heterocycles. The average Bonchev–Trinajstić information content (AvgIpc) is 3.23. The Morgan fingerprint density at radius 3 is 2.44 bits per heavy atom. The number of imidazole rings is 1. The summed E-state index contributed by atoms with van der Waals surface area (Å²) in [6.45, 7) is 3.32. The van der Waals surface area contributed by atoms with Crippen molar-refractivity contribution < 1.29 is 9.18 Å². The Hall–Kier alpha value is -3.17. The van der Waals surface area contributed by atoms with Crippen LogP contribution in [0, 0.1) is 19.7 Å². The number of hydrogen-bond donors (Lipinski definition) is 0. The maximum Gasteiger partial charge on any atom is 0.332 e. The molecule has 166 valence electrons. The van der Waals surface area contributed by atoms with E-state index in [0.29, 0.717) is 16.9 Å². The fourth-order valence-electron chi connectivity index (χ4n) is 3.86. The predicted octanol–water partition coefficient (Wildman–Crippen LogP) is 3.17. The summed E-state index contributed by atoms with van der Waals surface area (Å²) in [6.07, 6.45) is 0. The van der Waals surface area contributed by atoms with Gasteiger partial charge < -0.3 is 9.13 Å². The van der Waals surface area contributed by atoms with E-state index in [0.717, 1.165) is 10.3 Å². The molecule has 1 aromatic carbocycles. The Morgan fingerprint density at radius 2 is 1.78 bits per heavy atom. The molecule has 0 atom stereocenters. The fourth-order valence-corrected chi connectivity index (χ4v) is 4.26. The number of halogens is 3. The van der Waals surface area contributed by atoms with Crippen LogP contribution in [0.3, 0.4) is 0 Å². The van der Waals surface area contributed by atoms with Crippen molar-refractivity contribution in [3.05, 3.63) is 78.2 Å². The molecule has 0 radical (unpaired) electrons. The van der Waals surface area contributed by atoms with Gasteiger partial charge in [0, 0.05) is 36.7 Å². The van der Waals surface area contributed by atoms with Gasteiger partial charge in [-0.3, -0.25) is 18.7 Å². The van der Waals surface area contributed by atoms with E-state index in [1.807, 2.05) is 6.92 Å². The van der Waals surface area contributed by atoms with Gasteiger partial charge in [0.1, 0.15) is 5.82 Å². The van der Waals surface area contributed by atoms with E-state index in [1.165, 1.54) is 35.4 Å². The summed E-state index contributed by atoms with van der Waals surface area (Å²) < 4.78 is 18.8. The molecule has 0 amide bonds. The van der Waals surface area contributed by atoms with Gasteiger partial charge in [-0.25, -0.2) is 9.18 Å². The number of fused-ring (bicyclic) bond motifs is 1. The Labute approximate surface area is 191 Å². The van der Waals surface area contributed by atoms with Gasteiger partial charge in [-0.1, -0.05) is 11.6 Å². The van der Waals surface area contributed by atoms with Crippen LogP contribution in [0.1, 0.15) is 21.7 Å². The first-order valence-electron chi connectivity index (χ1n) is 9.52. The molecule has 0 saturated carbocycles. The minimum atomic E-state index is -0.596. The van der Waals surface area contributed by atoms with Crippen LogP contribution in [0.25, 0.3) is 16.9 Å². The first kappa shape index (κ1) is 22.0. The lowest BCUT2D eigenvalue weighted by Gasteiger charge is -2.11. The Bertz CT molecular complexity index is 1540. The second-order valence-electron chi connectivity index (χ2n) is 7.49. The molecule has 0 saturated heterocycles. The topological polar surface area (TPSA) is 83.8 Å². The number of rotatable bonds is 4. The molecule has 3 aromatic heterocycles. The zero-order valence-electron chi connectivity index (χ0n) is 17.6. The Kier molecular flexibility index (Phi) is 5.34. The number of Topliss-reactive ketones (excluding diaryl/α,β-unsaturated/α-hetero) is 1. The number of hydrogen-bond acceptors (Lipinski definition) is 4. The molecule has 0 aliphatic carbocycles. The number of aryl methyl sites for hydroxylation is 2. The van der Waals surface area contributed by atoms with Crippen LogP contribution in [0.2, 0.25) is 10.3 Å². The Balaban J connectivity index is 1.80. The third-order valence-electron chi connectivity index (χ3n) is 5.50. The molecule has 4 aromatic rings. The van der Waals surface area contributed by atoms with Crippen molar-refractivity contribution in [2.24, 2.45) is 14.1 Å². The molecule has 32 heavy (non-hydrogen) atoms. The van der Waals surface area contributed by atoms with E-state index in [9.17, 15) is 18.8 Å². The lowest BCUT2D eigenvalue weighted by Crippen LogP contribution is -2.37. The molecule has 0 unspecified atom stereocenters. The van der Waals surface area contributed by atoms with Crippen molar-refractivity contribution in [1.29, 1.82) is 0 Å². The lowest BCUT2D eigenvalue weighted by molar-refractivity contribution is 0.0972. The minimum Gasteiger partial charge on any atom is -0.318 e. The van der Waals surface area contributed by atoms with E-state index >= 15 is 0 Å². The van der Waals surface area contributed by atoms with Crippen LogP contribution < -0.4 is 11.2 Å². The summed E-state index contributed by atoms with van der Waals surface area (Å²) in [6, 6.07) is 6.01. The van der Waals surface area contributed by atoms with Crippen molar-refractivity contribution in [3.8, 4) is 5.69 Å². The molecule has 0 fully saturated rings. The fraction of sp³-hybridized carbons (Fsp3) is 0.238. The number of ketones is 1. The molecule has 0 N–H and O–H groups in total. The maximum atomic E-state index is 13.6. The van der Waals surface area contributed by atoms with Crippen LogP contribution >= 0.6 is 23.2 Å². The van der Waals surface area contributed by atoms with E-state index in [1.54, 1.807) is 23.6 Å². The average molecular weight is 478 g/mol. The molecular formula is C21H18Cl2FN5O3. The van der Waals surface area contributed by atoms with Gasteiger partial charge in [0.05, 0.1) is 11.6 Å². The number of carbonyl (C=O) groups is 1. The summed E-state index contributed by atoms with van der Waals surface area (Å²) in [5, 5.41) is -0.105. The summed E-state index contributed by atoms with van der Waals surface area (Å²) in [5.41, 5.74) is 1.40. The summed E-state index contributed by atoms with van der Waals surface area (Å²) in [4.78, 5) is 42.2. The lowest BCUT2D eigenvalue weighted by atomic mass is 10.1. The molecule has 4 rings (SSSR count). The van der Waals surface area contributed by atoms with Crippen molar-refractivity contribution in [3.63, 3.8) is 0 Å². The summed E-state index contributed by atoms with van der Waals surface area (Å²) in [7, 11) is 2.82. The molecule has 8 nitrogen and oxygen atoms in total. The van der Waals surface area contributed by atoms with Crippen LogP contribution in [0.5, 0.6) is 0 Å². The van der Waals surface area contributed by atoms with Crippen LogP contribution in [0.15, 0.2) is 33.9 Å². The number of nitrogens with zero attached hydrogens (tertiary/aromatic N) is 5. The largest absolute Gasteiger partial charge is 0.332 e. The van der Waals surface area contributed by atoms with E-state index in [-0.39, 0.29) is 33.8 Å². The van der Waals surface area contributed by atoms with Gasteiger partial charge >= 0.3 is 5.69 Å². The highest BCUT2D eigenvalue weighted by Gasteiger charge is 2.23. The second-order valence-corrected chi connectivity index (χ2v) is 8.23. The van der Waals surface area contributed by atoms with Crippen LogP contribution in [-0.4, -0.2) is 29.0 Å². The Morgan fingerprint density at radius 1 is 1.09 bits per heavy atom. The van der Waals surface area contributed by atoms with Crippen molar-refractivity contribution >= 4 is 40.1 Å². The van der Waals surface area contributed by atoms with Gasteiger partial charge in [-0.05, 0) is 49.7 Å². The smallest absolute Gasteiger partial charge is 0.318 e. The highest BCUT2D eigenvalue weighted by molar-refractivity contribution is 6.31. The maximum absolute atomic E-state index is 13.6. The van der Waals surface area contributed by atoms with Gasteiger partial charge in [0.2, 0.25) is 5.28 Å². The molecule has 11 heteroatoms. The van der Waals surface area contributed by atoms with Crippen molar-refractivity contribution in [1.82, 2.24) is 23.3 Å². The third kappa shape index (κ3) is 3.28. The van der Waals surface area contributed by atoms with Gasteiger partial charge in [-0.2, -0.15) is 4.98 Å². The molecule has 0 spiro atoms. The molecular weight excluding hydrogens is 460 g/mol. The normalized spacial score (nSPS) is 11.5. The van der Waals surface area contributed by atoms with Gasteiger partial charge in [0.15, 0.2) is 16.9 Å². The number of aromatic nitrogens is 5. The van der Waals surface area contributed by atoms with Crippen LogP contribution in [0.4, 0.5) is 4.39 Å². The van der Waals surface area contributed by atoms with E-state index in [4.69, 9.17) is 23.2 Å². The van der Waals surface area contributed by atoms with Crippen molar-refractivity contribution in [2.45, 2.75) is 20.4 Å². The van der Waals surface area contributed by atoms with E-state index in [2.05, 4.69) is 4.98 Å². The zero-order valence-corrected chi connectivity index (χ0v) is 19.1. The van der Waals surface area contributed by atoms with Gasteiger partial charge in [0.25, 0.3) is 5.56 Å². The number of benzene rings is 1. The summed E-state index contributed by atoms with van der Waals surface area (Å²) >= 11 is 12.2. The molecule has 0 bridgehead atoms.